The maximum atomic E-state index is 13.6. The number of rotatable bonds is 9. The van der Waals surface area contributed by atoms with Crippen molar-refractivity contribution in [1.29, 1.82) is 0 Å². The van der Waals surface area contributed by atoms with Gasteiger partial charge in [-0.15, -0.1) is 0 Å². The molecule has 0 aliphatic carbocycles. The third kappa shape index (κ3) is 5.08. The van der Waals surface area contributed by atoms with Crippen molar-refractivity contribution in [2.75, 3.05) is 39.4 Å². The molecule has 2 aliphatic heterocycles. The first-order valence-electron chi connectivity index (χ1n) is 13.3. The SMILES string of the molecule is O=C1c2[nH]nc(-c3ccccc3)c2C(c2ccc(OCc3ccccc3)cc2)N1CCCN1CCOCC1. The highest BCUT2D eigenvalue weighted by molar-refractivity contribution is 6.00. The number of aromatic nitrogens is 2. The molecule has 7 heteroatoms. The van der Waals surface area contributed by atoms with Crippen molar-refractivity contribution in [3.63, 3.8) is 0 Å². The third-order valence-corrected chi connectivity index (χ3v) is 7.33. The third-order valence-electron chi connectivity index (χ3n) is 7.33. The zero-order chi connectivity index (χ0) is 25.7. The van der Waals surface area contributed by atoms with Crippen LogP contribution in [0, 0.1) is 0 Å². The summed E-state index contributed by atoms with van der Waals surface area (Å²) in [5.41, 5.74) is 5.55. The number of amides is 1. The number of fused-ring (bicyclic) bond motifs is 1. The highest BCUT2D eigenvalue weighted by Gasteiger charge is 2.41. The molecular formula is C31H32N4O3. The number of carbonyl (C=O) groups is 1. The molecular weight excluding hydrogens is 476 g/mol. The number of carbonyl (C=O) groups excluding carboxylic acids is 1. The molecule has 1 aromatic heterocycles. The summed E-state index contributed by atoms with van der Waals surface area (Å²) >= 11 is 0. The number of nitrogens with one attached hydrogen (secondary N) is 1. The molecule has 6 rings (SSSR count). The Morgan fingerprint density at radius 3 is 2.34 bits per heavy atom. The van der Waals surface area contributed by atoms with Crippen molar-refractivity contribution in [2.45, 2.75) is 19.1 Å². The van der Waals surface area contributed by atoms with Crippen LogP contribution in [0.1, 0.15) is 39.6 Å². The Labute approximate surface area is 223 Å². The van der Waals surface area contributed by atoms with E-state index in [-0.39, 0.29) is 11.9 Å². The summed E-state index contributed by atoms with van der Waals surface area (Å²) in [6.07, 6.45) is 0.902. The minimum atomic E-state index is -0.209. The number of ether oxygens (including phenoxy) is 2. The Balaban J connectivity index is 1.26. The first-order chi connectivity index (χ1) is 18.8. The predicted molar refractivity (Wildman–Crippen MR) is 146 cm³/mol. The fourth-order valence-corrected chi connectivity index (χ4v) is 5.37. The molecule has 1 fully saturated rings. The Kier molecular flexibility index (Phi) is 7.20. The van der Waals surface area contributed by atoms with Crippen LogP contribution in [-0.2, 0) is 11.3 Å². The molecule has 1 amide bonds. The summed E-state index contributed by atoms with van der Waals surface area (Å²) < 4.78 is 11.5. The van der Waals surface area contributed by atoms with Gasteiger partial charge in [-0.3, -0.25) is 14.8 Å². The van der Waals surface area contributed by atoms with Crippen LogP contribution < -0.4 is 4.74 Å². The van der Waals surface area contributed by atoms with Gasteiger partial charge in [0.2, 0.25) is 0 Å². The van der Waals surface area contributed by atoms with Gasteiger partial charge in [-0.25, -0.2) is 0 Å². The van der Waals surface area contributed by atoms with Gasteiger partial charge in [0.05, 0.1) is 24.9 Å². The van der Waals surface area contributed by atoms with Crippen molar-refractivity contribution >= 4 is 5.91 Å². The second-order valence-corrected chi connectivity index (χ2v) is 9.78. The fraction of sp³-hybridized carbons (Fsp3) is 0.290. The summed E-state index contributed by atoms with van der Waals surface area (Å²) in [4.78, 5) is 18.0. The van der Waals surface area contributed by atoms with Gasteiger partial charge in [-0.05, 0) is 29.7 Å². The standard InChI is InChI=1S/C31H32N4O3/c36-31-29-27(28(32-33-29)24-10-5-2-6-11-24)30(35(31)17-7-16-34-18-20-37-21-19-34)25-12-14-26(15-13-25)38-22-23-8-3-1-4-9-23/h1-6,8-15,30H,7,16-22H2,(H,32,33). The molecule has 0 bridgehead atoms. The fourth-order valence-electron chi connectivity index (χ4n) is 5.37. The van der Waals surface area contributed by atoms with Crippen molar-refractivity contribution in [1.82, 2.24) is 20.0 Å². The van der Waals surface area contributed by atoms with E-state index >= 15 is 0 Å². The normalized spacial score (nSPS) is 17.5. The highest BCUT2D eigenvalue weighted by Crippen LogP contribution is 2.43. The summed E-state index contributed by atoms with van der Waals surface area (Å²) in [6.45, 7) is 5.58. The van der Waals surface area contributed by atoms with E-state index in [1.165, 1.54) is 0 Å². The van der Waals surface area contributed by atoms with E-state index in [1.54, 1.807) is 0 Å². The van der Waals surface area contributed by atoms with Crippen molar-refractivity contribution in [3.8, 4) is 17.0 Å². The second kappa shape index (κ2) is 11.2. The minimum Gasteiger partial charge on any atom is -0.489 e. The van der Waals surface area contributed by atoms with Gasteiger partial charge < -0.3 is 14.4 Å². The van der Waals surface area contributed by atoms with Gasteiger partial charge in [0.25, 0.3) is 5.91 Å². The molecule has 38 heavy (non-hydrogen) atoms. The molecule has 0 radical (unpaired) electrons. The van der Waals surface area contributed by atoms with Crippen LogP contribution in [0.25, 0.3) is 11.3 Å². The van der Waals surface area contributed by atoms with Crippen LogP contribution in [0.4, 0.5) is 0 Å². The number of hydrogen-bond acceptors (Lipinski definition) is 5. The van der Waals surface area contributed by atoms with Gasteiger partial charge in [0, 0.05) is 37.3 Å². The number of nitrogens with zero attached hydrogens (tertiary/aromatic N) is 3. The molecule has 3 heterocycles. The summed E-state index contributed by atoms with van der Waals surface area (Å²) in [7, 11) is 0. The lowest BCUT2D eigenvalue weighted by molar-refractivity contribution is 0.0354. The number of morpholine rings is 1. The molecule has 0 saturated carbocycles. The Hall–Kier alpha value is -3.94. The molecule has 1 N–H and O–H groups in total. The van der Waals surface area contributed by atoms with E-state index in [2.05, 4.69) is 39.4 Å². The van der Waals surface area contributed by atoms with E-state index in [9.17, 15) is 4.79 Å². The quantitative estimate of drug-likeness (QED) is 0.347. The maximum Gasteiger partial charge on any atom is 0.273 e. The van der Waals surface area contributed by atoms with Crippen LogP contribution in [0.15, 0.2) is 84.9 Å². The van der Waals surface area contributed by atoms with E-state index in [4.69, 9.17) is 9.47 Å². The minimum absolute atomic E-state index is 0.00561. The predicted octanol–water partition coefficient (Wildman–Crippen LogP) is 4.92. The zero-order valence-electron chi connectivity index (χ0n) is 21.4. The van der Waals surface area contributed by atoms with Crippen LogP contribution in [0.5, 0.6) is 5.75 Å². The Morgan fingerprint density at radius 2 is 1.61 bits per heavy atom. The van der Waals surface area contributed by atoms with E-state index in [0.29, 0.717) is 18.8 Å². The number of H-pyrrole nitrogens is 1. The van der Waals surface area contributed by atoms with Crippen molar-refractivity contribution < 1.29 is 14.3 Å². The highest BCUT2D eigenvalue weighted by atomic mass is 16.5. The lowest BCUT2D eigenvalue weighted by Crippen LogP contribution is -2.38. The molecule has 4 aromatic rings. The lowest BCUT2D eigenvalue weighted by atomic mass is 9.96. The number of benzene rings is 3. The van der Waals surface area contributed by atoms with E-state index in [1.807, 2.05) is 65.6 Å². The topological polar surface area (TPSA) is 70.7 Å². The van der Waals surface area contributed by atoms with Crippen LogP contribution in [-0.4, -0.2) is 65.3 Å². The smallest absolute Gasteiger partial charge is 0.273 e. The molecule has 1 unspecified atom stereocenters. The molecule has 7 nitrogen and oxygen atoms in total. The second-order valence-electron chi connectivity index (χ2n) is 9.78. The molecule has 1 saturated heterocycles. The molecule has 1 atom stereocenters. The van der Waals surface area contributed by atoms with E-state index < -0.39 is 0 Å². The van der Waals surface area contributed by atoms with Crippen molar-refractivity contribution in [2.24, 2.45) is 0 Å². The van der Waals surface area contributed by atoms with Gasteiger partial charge in [-0.1, -0.05) is 72.8 Å². The number of hydrogen-bond donors (Lipinski definition) is 1. The van der Waals surface area contributed by atoms with Crippen LogP contribution in [0.3, 0.4) is 0 Å². The molecule has 0 spiro atoms. The zero-order valence-corrected chi connectivity index (χ0v) is 21.4. The first kappa shape index (κ1) is 24.4. The summed E-state index contributed by atoms with van der Waals surface area (Å²) in [6, 6.07) is 28.1. The molecule has 194 valence electrons. The Bertz CT molecular complexity index is 1350. The van der Waals surface area contributed by atoms with Crippen LogP contribution >= 0.6 is 0 Å². The molecule has 3 aromatic carbocycles. The first-order valence-corrected chi connectivity index (χ1v) is 13.3. The van der Waals surface area contributed by atoms with Gasteiger partial charge in [-0.2, -0.15) is 5.10 Å². The van der Waals surface area contributed by atoms with Crippen molar-refractivity contribution in [3.05, 3.63) is 107 Å². The van der Waals surface area contributed by atoms with Gasteiger partial charge in [0.15, 0.2) is 0 Å². The molecule has 2 aliphatic rings. The van der Waals surface area contributed by atoms with Crippen LogP contribution in [0.2, 0.25) is 0 Å². The maximum absolute atomic E-state index is 13.6. The summed E-state index contributed by atoms with van der Waals surface area (Å²) in [5, 5.41) is 7.64. The monoisotopic (exact) mass is 508 g/mol. The van der Waals surface area contributed by atoms with E-state index in [0.717, 1.165) is 73.0 Å². The van der Waals surface area contributed by atoms with Gasteiger partial charge >= 0.3 is 0 Å². The average molecular weight is 509 g/mol. The van der Waals surface area contributed by atoms with Gasteiger partial charge in [0.1, 0.15) is 18.1 Å². The summed E-state index contributed by atoms with van der Waals surface area (Å²) in [5.74, 6) is 0.808. The average Bonchev–Trinajstić information content (AvgIpc) is 3.53. The lowest BCUT2D eigenvalue weighted by Gasteiger charge is -2.29. The number of aromatic amines is 1. The largest absolute Gasteiger partial charge is 0.489 e. The Morgan fingerprint density at radius 1 is 0.895 bits per heavy atom.